The molecule has 2 rings (SSSR count). The smallest absolute Gasteiger partial charge is 0.240 e. The average molecular weight is 236 g/mol. The highest BCUT2D eigenvalue weighted by molar-refractivity contribution is 5.86. The maximum Gasteiger partial charge on any atom is 0.240 e. The fourth-order valence-electron chi connectivity index (χ4n) is 2.83. The predicted octanol–water partition coefficient (Wildman–Crippen LogP) is 1.47. The summed E-state index contributed by atoms with van der Waals surface area (Å²) >= 11 is 0. The van der Waals surface area contributed by atoms with E-state index in [1.54, 1.807) is 0 Å². The van der Waals surface area contributed by atoms with E-state index in [0.717, 1.165) is 26.1 Å². The molecule has 1 N–H and O–H groups in total. The van der Waals surface area contributed by atoms with Crippen molar-refractivity contribution in [3.8, 4) is 6.07 Å². The lowest BCUT2D eigenvalue weighted by Crippen LogP contribution is -2.49. The minimum atomic E-state index is -0.741. The van der Waals surface area contributed by atoms with Crippen LogP contribution in [0, 0.1) is 28.6 Å². The van der Waals surface area contributed by atoms with E-state index in [1.165, 1.54) is 0 Å². The maximum atomic E-state index is 12.0. The number of nitrogens with one attached hydrogen (secondary N) is 1. The zero-order chi connectivity index (χ0) is 12.3. The number of nitrogens with zero attached hydrogens (tertiary/aromatic N) is 1. The second kappa shape index (κ2) is 5.05. The Hall–Kier alpha value is -1.08. The highest BCUT2D eigenvalue weighted by Crippen LogP contribution is 2.45. The lowest BCUT2D eigenvalue weighted by Gasteiger charge is -2.39. The highest BCUT2D eigenvalue weighted by Gasteiger charge is 2.48. The molecule has 17 heavy (non-hydrogen) atoms. The number of hydrogen-bond acceptors (Lipinski definition) is 3. The Balaban J connectivity index is 1.79. The Morgan fingerprint density at radius 1 is 1.59 bits per heavy atom. The van der Waals surface area contributed by atoms with Crippen molar-refractivity contribution in [2.75, 3.05) is 19.8 Å². The van der Waals surface area contributed by atoms with Gasteiger partial charge in [0.1, 0.15) is 5.41 Å². The molecule has 1 unspecified atom stereocenters. The third kappa shape index (κ3) is 2.61. The van der Waals surface area contributed by atoms with Crippen LogP contribution in [0.3, 0.4) is 0 Å². The molecular weight excluding hydrogens is 216 g/mol. The molecule has 1 heterocycles. The Bertz CT molecular complexity index is 323. The van der Waals surface area contributed by atoms with Gasteiger partial charge in [-0.25, -0.2) is 0 Å². The molecule has 4 heteroatoms. The molecule has 1 aliphatic carbocycles. The fraction of sp³-hybridized carbons (Fsp3) is 0.846. The molecule has 1 atom stereocenters. The summed E-state index contributed by atoms with van der Waals surface area (Å²) < 4.78 is 5.37. The third-order valence-electron chi connectivity index (χ3n) is 3.85. The van der Waals surface area contributed by atoms with E-state index in [2.05, 4.69) is 18.3 Å². The van der Waals surface area contributed by atoms with E-state index >= 15 is 0 Å². The number of carbonyl (C=O) groups is 1. The van der Waals surface area contributed by atoms with Crippen LogP contribution in [0.25, 0.3) is 0 Å². The molecule has 1 aliphatic heterocycles. The summed E-state index contributed by atoms with van der Waals surface area (Å²) in [5.74, 6) is 0.836. The zero-order valence-corrected chi connectivity index (χ0v) is 10.4. The lowest BCUT2D eigenvalue weighted by atomic mass is 9.63. The zero-order valence-electron chi connectivity index (χ0n) is 10.4. The van der Waals surface area contributed by atoms with Crippen LogP contribution < -0.4 is 5.32 Å². The van der Waals surface area contributed by atoms with E-state index in [-0.39, 0.29) is 5.91 Å². The van der Waals surface area contributed by atoms with E-state index < -0.39 is 5.41 Å². The topological polar surface area (TPSA) is 62.1 Å². The Morgan fingerprint density at radius 3 is 2.88 bits per heavy atom. The van der Waals surface area contributed by atoms with Crippen LogP contribution in [0.4, 0.5) is 0 Å². The Morgan fingerprint density at radius 2 is 2.35 bits per heavy atom. The van der Waals surface area contributed by atoms with Crippen molar-refractivity contribution in [1.82, 2.24) is 5.32 Å². The van der Waals surface area contributed by atoms with Gasteiger partial charge in [0.15, 0.2) is 0 Å². The van der Waals surface area contributed by atoms with E-state index in [9.17, 15) is 4.79 Å². The molecule has 1 saturated heterocycles. The van der Waals surface area contributed by atoms with Crippen molar-refractivity contribution in [3.05, 3.63) is 0 Å². The first-order valence-corrected chi connectivity index (χ1v) is 6.43. The van der Waals surface area contributed by atoms with Crippen molar-refractivity contribution in [2.24, 2.45) is 17.3 Å². The molecule has 0 aromatic carbocycles. The number of nitriles is 1. The first-order valence-electron chi connectivity index (χ1n) is 6.43. The summed E-state index contributed by atoms with van der Waals surface area (Å²) in [6.07, 6.45) is 3.59. The summed E-state index contributed by atoms with van der Waals surface area (Å²) in [6, 6.07) is 2.19. The molecule has 0 aromatic heterocycles. The van der Waals surface area contributed by atoms with Gasteiger partial charge in [-0.15, -0.1) is 0 Å². The largest absolute Gasteiger partial charge is 0.381 e. The minimum absolute atomic E-state index is 0.0799. The summed E-state index contributed by atoms with van der Waals surface area (Å²) in [5, 5.41) is 12.1. The van der Waals surface area contributed by atoms with Crippen LogP contribution in [0.1, 0.15) is 32.6 Å². The second-order valence-corrected chi connectivity index (χ2v) is 5.50. The number of hydrogen-bond donors (Lipinski definition) is 1. The first kappa shape index (κ1) is 12.4. The number of ether oxygens (including phenoxy) is 1. The molecule has 0 bridgehead atoms. The molecular formula is C13H20N2O2. The molecule has 2 fully saturated rings. The van der Waals surface area contributed by atoms with Crippen molar-refractivity contribution >= 4 is 5.91 Å². The van der Waals surface area contributed by atoms with Crippen molar-refractivity contribution in [3.63, 3.8) is 0 Å². The molecule has 4 nitrogen and oxygen atoms in total. The van der Waals surface area contributed by atoms with Gasteiger partial charge in [0.05, 0.1) is 12.7 Å². The second-order valence-electron chi connectivity index (χ2n) is 5.50. The molecule has 2 aliphatic rings. The van der Waals surface area contributed by atoms with Crippen LogP contribution in [0.2, 0.25) is 0 Å². The van der Waals surface area contributed by atoms with Gasteiger partial charge in [-0.3, -0.25) is 4.79 Å². The summed E-state index contributed by atoms with van der Waals surface area (Å²) in [7, 11) is 0. The van der Waals surface area contributed by atoms with Gasteiger partial charge >= 0.3 is 0 Å². The number of carbonyl (C=O) groups excluding carboxylic acids is 1. The van der Waals surface area contributed by atoms with E-state index in [4.69, 9.17) is 10.00 Å². The van der Waals surface area contributed by atoms with Crippen LogP contribution >= 0.6 is 0 Å². The normalized spacial score (nSPS) is 36.7. The lowest BCUT2D eigenvalue weighted by molar-refractivity contribution is -0.134. The molecule has 0 radical (unpaired) electrons. The van der Waals surface area contributed by atoms with Crippen LogP contribution in [0.15, 0.2) is 0 Å². The molecule has 0 aromatic rings. The fourth-order valence-corrected chi connectivity index (χ4v) is 2.83. The number of rotatable bonds is 3. The molecule has 1 saturated carbocycles. The van der Waals surface area contributed by atoms with Gasteiger partial charge in [0.2, 0.25) is 5.91 Å². The average Bonchev–Trinajstić information content (AvgIpc) is 2.33. The number of amides is 1. The van der Waals surface area contributed by atoms with Crippen LogP contribution in [0.5, 0.6) is 0 Å². The maximum absolute atomic E-state index is 12.0. The van der Waals surface area contributed by atoms with Gasteiger partial charge in [-0.2, -0.15) is 5.26 Å². The molecule has 94 valence electrons. The van der Waals surface area contributed by atoms with E-state index in [0.29, 0.717) is 31.2 Å². The summed E-state index contributed by atoms with van der Waals surface area (Å²) in [4.78, 5) is 12.0. The van der Waals surface area contributed by atoms with Crippen molar-refractivity contribution < 1.29 is 9.53 Å². The highest BCUT2D eigenvalue weighted by atomic mass is 16.5. The third-order valence-corrected chi connectivity index (χ3v) is 3.85. The molecule has 0 spiro atoms. The van der Waals surface area contributed by atoms with Gasteiger partial charge in [-0.1, -0.05) is 6.92 Å². The quantitative estimate of drug-likeness (QED) is 0.807. The monoisotopic (exact) mass is 236 g/mol. The van der Waals surface area contributed by atoms with Gasteiger partial charge in [0, 0.05) is 13.2 Å². The van der Waals surface area contributed by atoms with Gasteiger partial charge in [-0.05, 0) is 37.5 Å². The summed E-state index contributed by atoms with van der Waals surface area (Å²) in [6.45, 7) is 4.30. The van der Waals surface area contributed by atoms with E-state index in [1.807, 2.05) is 0 Å². The molecule has 1 amide bonds. The van der Waals surface area contributed by atoms with Crippen molar-refractivity contribution in [2.45, 2.75) is 32.6 Å². The Kier molecular flexibility index (Phi) is 3.68. The summed E-state index contributed by atoms with van der Waals surface area (Å²) in [5.41, 5.74) is -0.741. The van der Waals surface area contributed by atoms with Gasteiger partial charge in [0.25, 0.3) is 0 Å². The first-order chi connectivity index (χ1) is 8.16. The predicted molar refractivity (Wildman–Crippen MR) is 63.0 cm³/mol. The van der Waals surface area contributed by atoms with Crippen LogP contribution in [-0.4, -0.2) is 25.7 Å². The Labute approximate surface area is 102 Å². The SMILES string of the molecule is CC1CC(C#N)(C(=O)NCC2CCCOC2)C1. The van der Waals surface area contributed by atoms with Gasteiger partial charge < -0.3 is 10.1 Å². The van der Waals surface area contributed by atoms with Crippen molar-refractivity contribution in [1.29, 1.82) is 5.26 Å². The standard InChI is InChI=1S/C13H20N2O2/c1-10-5-13(6-10,9-14)12(16)15-7-11-3-2-4-17-8-11/h10-11H,2-8H2,1H3,(H,15,16). The van der Waals surface area contributed by atoms with Crippen LogP contribution in [-0.2, 0) is 9.53 Å². The minimum Gasteiger partial charge on any atom is -0.381 e.